The van der Waals surface area contributed by atoms with Crippen LogP contribution in [0.5, 0.6) is 0 Å². The van der Waals surface area contributed by atoms with E-state index >= 15 is 0 Å². The van der Waals surface area contributed by atoms with Gasteiger partial charge in [-0.05, 0) is 48.0 Å². The van der Waals surface area contributed by atoms with Crippen molar-refractivity contribution in [3.63, 3.8) is 0 Å². The quantitative estimate of drug-likeness (QED) is 0.115. The number of methoxy groups -OCH3 is 2. The summed E-state index contributed by atoms with van der Waals surface area (Å²) in [5, 5.41) is 7.59. The lowest BCUT2D eigenvalue weighted by molar-refractivity contribution is -0.269. The van der Waals surface area contributed by atoms with E-state index in [0.717, 1.165) is 5.56 Å². The number of ether oxygens (including phenoxy) is 8. The molecule has 0 aromatic heterocycles. The van der Waals surface area contributed by atoms with Crippen LogP contribution >= 0.6 is 34.8 Å². The summed E-state index contributed by atoms with van der Waals surface area (Å²) in [6, 6.07) is 10.2. The standard InChI is InChI=1S/C26H40O6.C12H18Cl3NO4/c1-15-17(3)24(25(27)28-7)32-26(19(15)5)30-14-22-16(2)18(4)23(20(6)31-22)29-13-21-11-9-8-10-12-21;1-5-6(2)8(9(17)18-4)19-10(7(5)3)20-11(16)12(13,14)15/h8-12,15-20,22-24,26H,13-14H2,1-7H3;5-8,10,16H,1-4H3/t15-,16-,17-,18-,19?,20-,22?,23?,24?,26-;5-,6-,7?,8?,10?/m00/s1. The predicted octanol–water partition coefficient (Wildman–Crippen LogP) is 7.61. The molecule has 3 saturated heterocycles. The van der Waals surface area contributed by atoms with Gasteiger partial charge in [-0.15, -0.1) is 0 Å². The van der Waals surface area contributed by atoms with Gasteiger partial charge in [0, 0.05) is 11.8 Å². The summed E-state index contributed by atoms with van der Waals surface area (Å²) in [6.45, 7) is 19.5. The molecule has 3 aliphatic rings. The Morgan fingerprint density at radius 2 is 1.17 bits per heavy atom. The lowest BCUT2D eigenvalue weighted by Crippen LogP contribution is -2.53. The van der Waals surface area contributed by atoms with Gasteiger partial charge in [-0.1, -0.05) is 121 Å². The first-order chi connectivity index (χ1) is 24.3. The van der Waals surface area contributed by atoms with Gasteiger partial charge in [0.25, 0.3) is 3.79 Å². The Kier molecular flexibility index (Phi) is 17.0. The molecule has 14 heteroatoms. The fraction of sp³-hybridized carbons (Fsp3) is 0.763. The Hall–Kier alpha value is -1.70. The molecule has 7 unspecified atom stereocenters. The van der Waals surface area contributed by atoms with Gasteiger partial charge in [-0.2, -0.15) is 0 Å². The molecule has 3 aliphatic heterocycles. The average molecular weight is 795 g/mol. The van der Waals surface area contributed by atoms with E-state index in [0.29, 0.717) is 19.1 Å². The van der Waals surface area contributed by atoms with Gasteiger partial charge >= 0.3 is 11.9 Å². The number of benzene rings is 1. The van der Waals surface area contributed by atoms with Gasteiger partial charge < -0.3 is 37.9 Å². The highest BCUT2D eigenvalue weighted by atomic mass is 35.6. The van der Waals surface area contributed by atoms with E-state index in [1.807, 2.05) is 45.9 Å². The summed E-state index contributed by atoms with van der Waals surface area (Å²) >= 11 is 16.7. The lowest BCUT2D eigenvalue weighted by Gasteiger charge is -2.45. The van der Waals surface area contributed by atoms with E-state index in [9.17, 15) is 9.59 Å². The van der Waals surface area contributed by atoms with Crippen molar-refractivity contribution in [2.45, 2.75) is 116 Å². The molecule has 11 nitrogen and oxygen atoms in total. The van der Waals surface area contributed by atoms with E-state index < -0.39 is 40.4 Å². The van der Waals surface area contributed by atoms with Crippen molar-refractivity contribution in [2.75, 3.05) is 20.8 Å². The minimum absolute atomic E-state index is 0.0240. The summed E-state index contributed by atoms with van der Waals surface area (Å²) in [4.78, 5) is 23.9. The van der Waals surface area contributed by atoms with Crippen molar-refractivity contribution >= 4 is 52.6 Å². The number of halogens is 3. The van der Waals surface area contributed by atoms with Crippen molar-refractivity contribution in [3.05, 3.63) is 35.9 Å². The van der Waals surface area contributed by atoms with Gasteiger partial charge in [-0.25, -0.2) is 9.59 Å². The lowest BCUT2D eigenvalue weighted by atomic mass is 9.79. The van der Waals surface area contributed by atoms with E-state index in [4.69, 9.17) is 78.1 Å². The van der Waals surface area contributed by atoms with E-state index in [1.54, 1.807) is 0 Å². The minimum Gasteiger partial charge on any atom is -0.467 e. The van der Waals surface area contributed by atoms with Crippen LogP contribution in [0, 0.1) is 52.8 Å². The van der Waals surface area contributed by atoms with Crippen molar-refractivity contribution in [1.82, 2.24) is 0 Å². The monoisotopic (exact) mass is 793 g/mol. The third kappa shape index (κ3) is 11.2. The average Bonchev–Trinajstić information content (AvgIpc) is 3.11. The number of nitrogens with one attached hydrogen (secondary N) is 1. The zero-order valence-electron chi connectivity index (χ0n) is 32.2. The smallest absolute Gasteiger partial charge is 0.335 e. The second kappa shape index (κ2) is 19.8. The molecule has 296 valence electrons. The Balaban J connectivity index is 0.000000314. The molecule has 0 spiro atoms. The zero-order chi connectivity index (χ0) is 39.1. The fourth-order valence-corrected chi connectivity index (χ4v) is 7.18. The highest BCUT2D eigenvalue weighted by Crippen LogP contribution is 2.39. The second-order valence-electron chi connectivity index (χ2n) is 14.7. The number of alkyl halides is 3. The van der Waals surface area contributed by atoms with Crippen LogP contribution in [0.25, 0.3) is 0 Å². The molecule has 0 bridgehead atoms. The van der Waals surface area contributed by atoms with E-state index in [2.05, 4.69) is 46.8 Å². The molecular weight excluding hydrogens is 737 g/mol. The molecule has 4 rings (SSSR count). The third-order valence-corrected chi connectivity index (χ3v) is 12.1. The van der Waals surface area contributed by atoms with Crippen molar-refractivity contribution in [3.8, 4) is 0 Å². The van der Waals surface area contributed by atoms with Crippen LogP contribution in [0.4, 0.5) is 0 Å². The first-order valence-corrected chi connectivity index (χ1v) is 19.2. The Morgan fingerprint density at radius 3 is 1.67 bits per heavy atom. The van der Waals surface area contributed by atoms with Crippen LogP contribution in [0.3, 0.4) is 0 Å². The molecule has 1 aromatic rings. The number of hydrogen-bond acceptors (Lipinski definition) is 11. The maximum Gasteiger partial charge on any atom is 0.335 e. The molecule has 0 saturated carbocycles. The minimum atomic E-state index is -1.96. The number of carbonyl (C=O) groups excluding carboxylic acids is 2. The zero-order valence-corrected chi connectivity index (χ0v) is 34.4. The molecule has 0 aliphatic carbocycles. The largest absolute Gasteiger partial charge is 0.467 e. The molecule has 15 atom stereocenters. The molecule has 3 heterocycles. The first-order valence-electron chi connectivity index (χ1n) is 18.0. The number of carbonyl (C=O) groups is 2. The van der Waals surface area contributed by atoms with Crippen LogP contribution in [-0.2, 0) is 54.1 Å². The Labute approximate surface area is 324 Å². The summed E-state index contributed by atoms with van der Waals surface area (Å²) in [5.41, 5.74) is 1.16. The summed E-state index contributed by atoms with van der Waals surface area (Å²) in [5.74, 6) is -0.259. The van der Waals surface area contributed by atoms with Gasteiger partial charge in [-0.3, -0.25) is 5.41 Å². The number of rotatable bonds is 9. The maximum atomic E-state index is 12.2. The highest BCUT2D eigenvalue weighted by Gasteiger charge is 2.47. The first kappa shape index (κ1) is 44.7. The molecule has 0 amide bonds. The van der Waals surface area contributed by atoms with Crippen LogP contribution < -0.4 is 0 Å². The maximum absolute atomic E-state index is 12.2. The van der Waals surface area contributed by atoms with Gasteiger partial charge in [0.2, 0.25) is 12.2 Å². The van der Waals surface area contributed by atoms with Crippen LogP contribution in [0.15, 0.2) is 30.3 Å². The Bertz CT molecular complexity index is 1300. The van der Waals surface area contributed by atoms with E-state index in [-0.39, 0.29) is 65.7 Å². The van der Waals surface area contributed by atoms with Crippen LogP contribution in [0.1, 0.15) is 67.9 Å². The van der Waals surface area contributed by atoms with Gasteiger partial charge in [0.05, 0.1) is 45.7 Å². The van der Waals surface area contributed by atoms with Crippen LogP contribution in [-0.4, -0.2) is 85.6 Å². The number of esters is 2. The van der Waals surface area contributed by atoms with Gasteiger partial charge in [0.1, 0.15) is 0 Å². The molecule has 52 heavy (non-hydrogen) atoms. The molecule has 1 N–H and O–H groups in total. The normalized spacial score (nSPS) is 37.9. The Morgan fingerprint density at radius 1 is 0.673 bits per heavy atom. The second-order valence-corrected chi connectivity index (χ2v) is 17.0. The number of hydrogen-bond donors (Lipinski definition) is 1. The molecule has 0 radical (unpaired) electrons. The van der Waals surface area contributed by atoms with Crippen molar-refractivity contribution < 1.29 is 47.5 Å². The topological polar surface area (TPSA) is 132 Å². The van der Waals surface area contributed by atoms with Crippen molar-refractivity contribution in [2.24, 2.45) is 47.3 Å². The van der Waals surface area contributed by atoms with E-state index in [1.165, 1.54) is 14.2 Å². The summed E-state index contributed by atoms with van der Waals surface area (Å²) in [7, 11) is 2.69. The summed E-state index contributed by atoms with van der Waals surface area (Å²) < 4.78 is 43.4. The molecule has 3 fully saturated rings. The highest BCUT2D eigenvalue weighted by molar-refractivity contribution is 6.76. The van der Waals surface area contributed by atoms with Crippen molar-refractivity contribution in [1.29, 1.82) is 5.41 Å². The third-order valence-electron chi connectivity index (χ3n) is 11.5. The van der Waals surface area contributed by atoms with Gasteiger partial charge in [0.15, 0.2) is 18.5 Å². The predicted molar refractivity (Wildman–Crippen MR) is 199 cm³/mol. The van der Waals surface area contributed by atoms with Crippen LogP contribution in [0.2, 0.25) is 0 Å². The molecular formula is C38H58Cl3NO10. The SMILES string of the molecule is COC(=O)C1OC(OC(=N)C(Cl)(Cl)Cl)C(C)[C@@H](C)[C@@H]1C.COC(=O)C1O[C@H](OCC2O[C@@H](C)C(OCc3ccccc3)[C@@H](C)[C@@H]2C)C(C)[C@@H](C)[C@@H]1C. The molecule has 1 aromatic carbocycles. The fourth-order valence-electron chi connectivity index (χ4n) is 7.05. The summed E-state index contributed by atoms with van der Waals surface area (Å²) in [6.07, 6.45) is -2.74.